The molecular weight excluding hydrogens is 382 g/mol. The van der Waals surface area contributed by atoms with Gasteiger partial charge in [0.2, 0.25) is 0 Å². The lowest BCUT2D eigenvalue weighted by Gasteiger charge is -2.61. The van der Waals surface area contributed by atoms with Crippen LogP contribution in [-0.4, -0.2) is 13.0 Å². The Bertz CT molecular complexity index is 686. The van der Waals surface area contributed by atoms with Gasteiger partial charge in [-0.3, -0.25) is 9.63 Å². The summed E-state index contributed by atoms with van der Waals surface area (Å²) in [7, 11) is 1.49. The maximum atomic E-state index is 11.9. The number of hydrogen-bond acceptors (Lipinski definition) is 2. The smallest absolute Gasteiger partial charge is 0.270 e. The Labute approximate surface area is 191 Å². The zero-order valence-electron chi connectivity index (χ0n) is 20.8. The van der Waals surface area contributed by atoms with Crippen molar-refractivity contribution in [3.05, 3.63) is 11.6 Å². The fourth-order valence-electron chi connectivity index (χ4n) is 9.30. The molecule has 1 unspecified atom stereocenters. The normalized spacial score (nSPS) is 43.5. The molecule has 4 rings (SSSR count). The van der Waals surface area contributed by atoms with Gasteiger partial charge in [-0.15, -0.1) is 0 Å². The largest absolute Gasteiger partial charge is 0.277 e. The van der Waals surface area contributed by atoms with Crippen LogP contribution in [-0.2, 0) is 9.63 Å². The van der Waals surface area contributed by atoms with E-state index in [1.165, 1.54) is 77.7 Å². The number of hydroxylamine groups is 1. The zero-order valence-corrected chi connectivity index (χ0v) is 20.8. The second kappa shape index (κ2) is 9.20. The monoisotopic (exact) mass is 429 g/mol. The molecule has 4 aliphatic carbocycles. The molecule has 8 atom stereocenters. The van der Waals surface area contributed by atoms with E-state index in [9.17, 15) is 4.79 Å². The first-order chi connectivity index (χ1) is 14.8. The predicted octanol–water partition coefficient (Wildman–Crippen LogP) is 7.08. The highest BCUT2D eigenvalue weighted by Gasteiger charge is 2.59. The van der Waals surface area contributed by atoms with Gasteiger partial charge in [0.1, 0.15) is 0 Å². The highest BCUT2D eigenvalue weighted by atomic mass is 16.6. The Balaban J connectivity index is 1.40. The van der Waals surface area contributed by atoms with Gasteiger partial charge in [0.25, 0.3) is 5.91 Å². The first-order valence-electron chi connectivity index (χ1n) is 13.3. The number of allylic oxidation sites excluding steroid dienone is 1. The SMILES string of the molecule is CONC(=O)C(C)=CCC[C@@H](C)[C@H]1CC[C@H]2[C@@H]3CCC4CCCC[C@]4(C)[C@H]3CC[C@]12C. The van der Waals surface area contributed by atoms with Crippen LogP contribution in [0.15, 0.2) is 11.6 Å². The molecule has 1 amide bonds. The Morgan fingerprint density at radius 1 is 1.03 bits per heavy atom. The van der Waals surface area contributed by atoms with E-state index in [2.05, 4.69) is 32.3 Å². The number of rotatable bonds is 6. The van der Waals surface area contributed by atoms with Crippen molar-refractivity contribution >= 4 is 5.91 Å². The third-order valence-electron chi connectivity index (χ3n) is 11.0. The Morgan fingerprint density at radius 2 is 1.81 bits per heavy atom. The molecule has 0 radical (unpaired) electrons. The van der Waals surface area contributed by atoms with E-state index in [-0.39, 0.29) is 5.91 Å². The highest BCUT2D eigenvalue weighted by Crippen LogP contribution is 2.68. The van der Waals surface area contributed by atoms with E-state index in [1.807, 2.05) is 6.92 Å². The molecule has 0 aromatic rings. The van der Waals surface area contributed by atoms with Crippen LogP contribution in [0.5, 0.6) is 0 Å². The molecule has 176 valence electrons. The highest BCUT2D eigenvalue weighted by molar-refractivity contribution is 5.91. The van der Waals surface area contributed by atoms with Gasteiger partial charge < -0.3 is 0 Å². The molecule has 4 fully saturated rings. The molecule has 0 heterocycles. The zero-order chi connectivity index (χ0) is 22.2. The van der Waals surface area contributed by atoms with E-state index in [4.69, 9.17) is 4.84 Å². The number of amides is 1. The lowest BCUT2D eigenvalue weighted by Crippen LogP contribution is -2.53. The standard InChI is InChI=1S/C28H47NO2/c1-19(9-8-10-20(2)26(30)29-31-5)23-14-15-24-22-13-12-21-11-6-7-17-27(21,3)25(22)16-18-28(23,24)4/h10,19,21-25H,6-9,11-18H2,1-5H3,(H,29,30)/t19-,21?,22+,23-,24+,25+,27+,28-/m1/s1. The summed E-state index contributed by atoms with van der Waals surface area (Å²) in [6.07, 6.45) is 19.1. The van der Waals surface area contributed by atoms with Gasteiger partial charge in [-0.25, -0.2) is 5.48 Å². The molecule has 0 aromatic heterocycles. The van der Waals surface area contributed by atoms with Crippen LogP contribution in [0.1, 0.15) is 105 Å². The second-order valence-electron chi connectivity index (χ2n) is 12.2. The second-order valence-corrected chi connectivity index (χ2v) is 12.2. The van der Waals surface area contributed by atoms with Gasteiger partial charge in [-0.05, 0) is 117 Å². The number of nitrogens with one attached hydrogen (secondary N) is 1. The molecule has 0 spiro atoms. The number of hydrogen-bond donors (Lipinski definition) is 1. The minimum absolute atomic E-state index is 0.117. The van der Waals surface area contributed by atoms with Crippen molar-refractivity contribution in [2.45, 2.75) is 105 Å². The lowest BCUT2D eigenvalue weighted by atomic mass is 9.44. The van der Waals surface area contributed by atoms with Crippen LogP contribution >= 0.6 is 0 Å². The predicted molar refractivity (Wildman–Crippen MR) is 127 cm³/mol. The first kappa shape index (κ1) is 23.3. The number of fused-ring (bicyclic) bond motifs is 5. The summed E-state index contributed by atoms with van der Waals surface area (Å²) in [5.74, 6) is 5.46. The van der Waals surface area contributed by atoms with Crippen molar-refractivity contribution in [2.75, 3.05) is 7.11 Å². The van der Waals surface area contributed by atoms with E-state index >= 15 is 0 Å². The number of carbonyl (C=O) groups excluding carboxylic acids is 1. The summed E-state index contributed by atoms with van der Waals surface area (Å²) in [5, 5.41) is 0. The molecule has 31 heavy (non-hydrogen) atoms. The van der Waals surface area contributed by atoms with Crippen molar-refractivity contribution in [3.8, 4) is 0 Å². The van der Waals surface area contributed by atoms with Crippen LogP contribution in [0.2, 0.25) is 0 Å². The Hall–Kier alpha value is -0.830. The number of carbonyl (C=O) groups is 1. The molecular formula is C28H47NO2. The fraction of sp³-hybridized carbons (Fsp3) is 0.893. The van der Waals surface area contributed by atoms with E-state index in [1.54, 1.807) is 0 Å². The summed E-state index contributed by atoms with van der Waals surface area (Å²) >= 11 is 0. The van der Waals surface area contributed by atoms with Crippen molar-refractivity contribution < 1.29 is 9.63 Å². The van der Waals surface area contributed by atoms with Crippen molar-refractivity contribution in [1.82, 2.24) is 5.48 Å². The molecule has 3 heteroatoms. The lowest BCUT2D eigenvalue weighted by molar-refractivity contribution is -0.127. The quantitative estimate of drug-likeness (QED) is 0.362. The fourth-order valence-corrected chi connectivity index (χ4v) is 9.30. The molecule has 0 bridgehead atoms. The average molecular weight is 430 g/mol. The van der Waals surface area contributed by atoms with Crippen molar-refractivity contribution in [2.24, 2.45) is 46.3 Å². The van der Waals surface area contributed by atoms with E-state index in [0.717, 1.165) is 47.5 Å². The Morgan fingerprint density at radius 3 is 2.58 bits per heavy atom. The van der Waals surface area contributed by atoms with E-state index in [0.29, 0.717) is 10.8 Å². The van der Waals surface area contributed by atoms with Crippen LogP contribution in [0.3, 0.4) is 0 Å². The Kier molecular flexibility index (Phi) is 6.92. The van der Waals surface area contributed by atoms with Crippen LogP contribution in [0.25, 0.3) is 0 Å². The average Bonchev–Trinajstić information content (AvgIpc) is 3.10. The van der Waals surface area contributed by atoms with Crippen molar-refractivity contribution in [3.63, 3.8) is 0 Å². The van der Waals surface area contributed by atoms with Gasteiger partial charge in [0, 0.05) is 5.57 Å². The molecule has 0 aliphatic heterocycles. The first-order valence-corrected chi connectivity index (χ1v) is 13.3. The van der Waals surface area contributed by atoms with Crippen LogP contribution in [0, 0.1) is 46.3 Å². The summed E-state index contributed by atoms with van der Waals surface area (Å²) in [6.45, 7) is 9.74. The van der Waals surface area contributed by atoms with Gasteiger partial charge >= 0.3 is 0 Å². The molecule has 3 nitrogen and oxygen atoms in total. The summed E-state index contributed by atoms with van der Waals surface area (Å²) in [4.78, 5) is 16.6. The minimum Gasteiger partial charge on any atom is -0.277 e. The minimum atomic E-state index is -0.117. The molecule has 0 saturated heterocycles. The molecule has 1 N–H and O–H groups in total. The summed E-state index contributed by atoms with van der Waals surface area (Å²) < 4.78 is 0. The summed E-state index contributed by atoms with van der Waals surface area (Å²) in [6, 6.07) is 0. The molecule has 4 saturated carbocycles. The third kappa shape index (κ3) is 4.13. The van der Waals surface area contributed by atoms with Gasteiger partial charge in [-0.2, -0.15) is 0 Å². The van der Waals surface area contributed by atoms with E-state index < -0.39 is 0 Å². The maximum Gasteiger partial charge on any atom is 0.270 e. The molecule has 0 aromatic carbocycles. The summed E-state index contributed by atoms with van der Waals surface area (Å²) in [5.41, 5.74) is 4.39. The van der Waals surface area contributed by atoms with Crippen molar-refractivity contribution in [1.29, 1.82) is 0 Å². The van der Waals surface area contributed by atoms with Gasteiger partial charge in [-0.1, -0.05) is 39.7 Å². The van der Waals surface area contributed by atoms with Gasteiger partial charge in [0.05, 0.1) is 7.11 Å². The molecule has 4 aliphatic rings. The van der Waals surface area contributed by atoms with Crippen LogP contribution < -0.4 is 5.48 Å². The van der Waals surface area contributed by atoms with Crippen LogP contribution in [0.4, 0.5) is 0 Å². The maximum absolute atomic E-state index is 11.9. The third-order valence-corrected chi connectivity index (χ3v) is 11.0. The van der Waals surface area contributed by atoms with Gasteiger partial charge in [0.15, 0.2) is 0 Å². The topological polar surface area (TPSA) is 38.3 Å².